The second-order valence-corrected chi connectivity index (χ2v) is 10.3. The lowest BCUT2D eigenvalue weighted by atomic mass is 9.83. The average molecular weight is 519 g/mol. The number of nitrogens with zero attached hydrogens (tertiary/aromatic N) is 1. The molecule has 1 unspecified atom stereocenters. The summed E-state index contributed by atoms with van der Waals surface area (Å²) in [6.07, 6.45) is 1.98. The molecule has 0 aromatic heterocycles. The number of hydrogen-bond donors (Lipinski definition) is 1. The molecule has 0 fully saturated rings. The van der Waals surface area contributed by atoms with Gasteiger partial charge in [-0.1, -0.05) is 41.4 Å². The standard InChI is InChI=1S/C23H16Cl2N2O4S2/c1-32-15-5-2-13(3-6-15)22-17-8-4-14(10-21(17)30-23(27)18(22)12-26)31-33(28,29)16-7-9-19(24)20(25)11-16/h2-11,22H,27H2,1H3. The van der Waals surface area contributed by atoms with E-state index in [0.29, 0.717) is 11.3 Å². The summed E-state index contributed by atoms with van der Waals surface area (Å²) < 4.78 is 36.3. The molecule has 6 nitrogen and oxygen atoms in total. The van der Waals surface area contributed by atoms with E-state index in [1.165, 1.54) is 30.3 Å². The summed E-state index contributed by atoms with van der Waals surface area (Å²) >= 11 is 13.4. The first-order valence-electron chi connectivity index (χ1n) is 9.48. The molecule has 0 aliphatic carbocycles. The van der Waals surface area contributed by atoms with Crippen molar-refractivity contribution in [1.82, 2.24) is 0 Å². The molecule has 0 bridgehead atoms. The molecule has 10 heteroatoms. The average Bonchev–Trinajstić information content (AvgIpc) is 2.79. The second kappa shape index (κ2) is 9.20. The van der Waals surface area contributed by atoms with Crippen molar-refractivity contribution in [3.8, 4) is 17.6 Å². The van der Waals surface area contributed by atoms with Crippen LogP contribution in [0.15, 0.2) is 81.9 Å². The van der Waals surface area contributed by atoms with Crippen molar-refractivity contribution in [3.05, 3.63) is 93.3 Å². The topological polar surface area (TPSA) is 102 Å². The van der Waals surface area contributed by atoms with Gasteiger partial charge < -0.3 is 14.7 Å². The number of ether oxygens (including phenoxy) is 1. The molecule has 3 aromatic rings. The monoisotopic (exact) mass is 518 g/mol. The molecule has 0 saturated carbocycles. The molecule has 1 atom stereocenters. The summed E-state index contributed by atoms with van der Waals surface area (Å²) in [5, 5.41) is 10.0. The van der Waals surface area contributed by atoms with Crippen LogP contribution in [-0.2, 0) is 10.1 Å². The molecule has 4 rings (SSSR count). The normalized spacial score (nSPS) is 15.4. The first kappa shape index (κ1) is 23.3. The Labute approximate surface area is 205 Å². The maximum Gasteiger partial charge on any atom is 0.339 e. The third kappa shape index (κ3) is 4.63. The molecule has 1 heterocycles. The summed E-state index contributed by atoms with van der Waals surface area (Å²) in [6, 6.07) is 18.4. The highest BCUT2D eigenvalue weighted by Gasteiger charge is 2.31. The highest BCUT2D eigenvalue weighted by molar-refractivity contribution is 7.98. The molecule has 0 spiro atoms. The Balaban J connectivity index is 1.71. The largest absolute Gasteiger partial charge is 0.440 e. The van der Waals surface area contributed by atoms with Crippen LogP contribution in [0.5, 0.6) is 11.5 Å². The fourth-order valence-electron chi connectivity index (χ4n) is 3.43. The molecular formula is C23H16Cl2N2O4S2. The van der Waals surface area contributed by atoms with Crippen LogP contribution in [0.2, 0.25) is 10.0 Å². The van der Waals surface area contributed by atoms with E-state index in [4.69, 9.17) is 37.9 Å². The minimum absolute atomic E-state index is 0.0181. The number of fused-ring (bicyclic) bond motifs is 1. The van der Waals surface area contributed by atoms with Crippen LogP contribution >= 0.6 is 35.0 Å². The van der Waals surface area contributed by atoms with Gasteiger partial charge in [-0.25, -0.2) is 0 Å². The molecule has 2 N–H and O–H groups in total. The van der Waals surface area contributed by atoms with E-state index < -0.39 is 16.0 Å². The Morgan fingerprint density at radius 1 is 1.06 bits per heavy atom. The number of rotatable bonds is 5. The zero-order chi connectivity index (χ0) is 23.8. The minimum Gasteiger partial charge on any atom is -0.440 e. The highest BCUT2D eigenvalue weighted by Crippen LogP contribution is 2.44. The van der Waals surface area contributed by atoms with E-state index in [2.05, 4.69) is 6.07 Å². The van der Waals surface area contributed by atoms with Crippen LogP contribution in [0.1, 0.15) is 17.0 Å². The van der Waals surface area contributed by atoms with Crippen LogP contribution in [0, 0.1) is 11.3 Å². The van der Waals surface area contributed by atoms with Crippen molar-refractivity contribution in [2.75, 3.05) is 6.26 Å². The molecule has 1 aliphatic heterocycles. The summed E-state index contributed by atoms with van der Waals surface area (Å²) in [5.74, 6) is -0.194. The van der Waals surface area contributed by atoms with Crippen LogP contribution in [0.25, 0.3) is 0 Å². The number of benzene rings is 3. The Morgan fingerprint density at radius 3 is 2.42 bits per heavy atom. The van der Waals surface area contributed by atoms with Crippen molar-refractivity contribution in [2.24, 2.45) is 5.73 Å². The Hall–Kier alpha value is -2.83. The lowest BCUT2D eigenvalue weighted by Gasteiger charge is -2.26. The predicted molar refractivity (Wildman–Crippen MR) is 128 cm³/mol. The van der Waals surface area contributed by atoms with E-state index in [-0.39, 0.29) is 32.1 Å². The molecular weight excluding hydrogens is 503 g/mol. The van der Waals surface area contributed by atoms with Crippen molar-refractivity contribution in [1.29, 1.82) is 5.26 Å². The first-order valence-corrected chi connectivity index (χ1v) is 12.9. The number of hydrogen-bond acceptors (Lipinski definition) is 7. The molecule has 1 aliphatic rings. The summed E-state index contributed by atoms with van der Waals surface area (Å²) in [6.45, 7) is 0. The predicted octanol–water partition coefficient (Wildman–Crippen LogP) is 5.70. The third-order valence-electron chi connectivity index (χ3n) is 5.03. The van der Waals surface area contributed by atoms with E-state index >= 15 is 0 Å². The SMILES string of the molecule is CSc1ccc(C2C(C#N)=C(N)Oc3cc(OS(=O)(=O)c4ccc(Cl)c(Cl)c4)ccc32)cc1. The number of nitriles is 1. The summed E-state index contributed by atoms with van der Waals surface area (Å²) in [5.41, 5.74) is 7.83. The molecule has 0 radical (unpaired) electrons. The minimum atomic E-state index is -4.18. The van der Waals surface area contributed by atoms with Crippen molar-refractivity contribution in [2.45, 2.75) is 15.7 Å². The van der Waals surface area contributed by atoms with Gasteiger partial charge in [0.15, 0.2) is 0 Å². The molecule has 33 heavy (non-hydrogen) atoms. The van der Waals surface area contributed by atoms with Crippen molar-refractivity contribution >= 4 is 45.1 Å². The van der Waals surface area contributed by atoms with Gasteiger partial charge in [0.25, 0.3) is 0 Å². The molecule has 168 valence electrons. The van der Waals surface area contributed by atoms with E-state index in [9.17, 15) is 13.7 Å². The fraction of sp³-hybridized carbons (Fsp3) is 0.0870. The van der Waals surface area contributed by atoms with Gasteiger partial charge in [-0.3, -0.25) is 0 Å². The van der Waals surface area contributed by atoms with Gasteiger partial charge >= 0.3 is 10.1 Å². The maximum atomic E-state index is 12.7. The first-order chi connectivity index (χ1) is 15.7. The Bertz CT molecular complexity index is 1420. The van der Waals surface area contributed by atoms with E-state index in [1.54, 1.807) is 17.8 Å². The van der Waals surface area contributed by atoms with Crippen LogP contribution < -0.4 is 14.7 Å². The number of thioether (sulfide) groups is 1. The van der Waals surface area contributed by atoms with Crippen LogP contribution in [0.3, 0.4) is 0 Å². The molecule has 0 saturated heterocycles. The quantitative estimate of drug-likeness (QED) is 0.341. The number of halogens is 2. The smallest absolute Gasteiger partial charge is 0.339 e. The summed E-state index contributed by atoms with van der Waals surface area (Å²) in [4.78, 5) is 0.936. The van der Waals surface area contributed by atoms with Gasteiger partial charge in [-0.15, -0.1) is 11.8 Å². The molecule has 3 aromatic carbocycles. The zero-order valence-corrected chi connectivity index (χ0v) is 20.2. The Morgan fingerprint density at radius 2 is 1.79 bits per heavy atom. The van der Waals surface area contributed by atoms with Crippen LogP contribution in [-0.4, -0.2) is 14.7 Å². The van der Waals surface area contributed by atoms with Gasteiger partial charge in [-0.2, -0.15) is 13.7 Å². The summed E-state index contributed by atoms with van der Waals surface area (Å²) in [7, 11) is -4.18. The van der Waals surface area contributed by atoms with Gasteiger partial charge in [0, 0.05) is 16.5 Å². The van der Waals surface area contributed by atoms with E-state index in [0.717, 1.165) is 10.5 Å². The van der Waals surface area contributed by atoms with Gasteiger partial charge in [0.2, 0.25) is 5.88 Å². The van der Waals surface area contributed by atoms with Gasteiger partial charge in [0.05, 0.1) is 16.0 Å². The lowest BCUT2D eigenvalue weighted by Crippen LogP contribution is -2.21. The van der Waals surface area contributed by atoms with Crippen molar-refractivity contribution < 1.29 is 17.3 Å². The van der Waals surface area contributed by atoms with Crippen molar-refractivity contribution in [3.63, 3.8) is 0 Å². The lowest BCUT2D eigenvalue weighted by molar-refractivity contribution is 0.391. The molecule has 0 amide bonds. The Kier molecular flexibility index (Phi) is 6.50. The van der Waals surface area contributed by atoms with Gasteiger partial charge in [-0.05, 0) is 48.2 Å². The number of allylic oxidation sites excluding steroid dienone is 1. The maximum absolute atomic E-state index is 12.7. The van der Waals surface area contributed by atoms with E-state index in [1.807, 2.05) is 30.5 Å². The third-order valence-corrected chi connectivity index (χ3v) is 7.75. The zero-order valence-electron chi connectivity index (χ0n) is 17.1. The van der Waals surface area contributed by atoms with Crippen LogP contribution in [0.4, 0.5) is 0 Å². The second-order valence-electron chi connectivity index (χ2n) is 7.01. The highest BCUT2D eigenvalue weighted by atomic mass is 35.5. The fourth-order valence-corrected chi connectivity index (χ4v) is 5.16. The van der Waals surface area contributed by atoms with Gasteiger partial charge in [0.1, 0.15) is 28.0 Å². The number of nitrogens with two attached hydrogens (primary N) is 1.